The highest BCUT2D eigenvalue weighted by atomic mass is 32.2. The lowest BCUT2D eigenvalue weighted by molar-refractivity contribution is -0.124. The maximum Gasteiger partial charge on any atom is 0.238 e. The van der Waals surface area contributed by atoms with E-state index >= 15 is 0 Å². The van der Waals surface area contributed by atoms with Crippen molar-refractivity contribution < 1.29 is 13.2 Å². The Balaban J connectivity index is 1.89. The Morgan fingerprint density at radius 2 is 2.10 bits per heavy atom. The van der Waals surface area contributed by atoms with Gasteiger partial charge >= 0.3 is 0 Å². The minimum atomic E-state index is -3.32. The highest BCUT2D eigenvalue weighted by molar-refractivity contribution is 7.89. The Hall–Kier alpha value is -0.660. The first-order chi connectivity index (χ1) is 9.95. The van der Waals surface area contributed by atoms with Crippen LogP contribution in [-0.2, 0) is 14.8 Å². The van der Waals surface area contributed by atoms with E-state index in [9.17, 15) is 13.2 Å². The fourth-order valence-corrected chi connectivity index (χ4v) is 4.69. The number of carbonyl (C=O) groups excluding carboxylic acids is 1. The van der Waals surface area contributed by atoms with E-state index in [1.54, 1.807) is 0 Å². The van der Waals surface area contributed by atoms with Gasteiger partial charge in [-0.1, -0.05) is 13.3 Å². The standard InChI is InChI=1S/C14H27N3O3S/c1-2-3-9-21(19,20)17-8-4-5-13(17)14(18)16-10-12(15)11-6-7-11/h11-13H,2-10,15H2,1H3,(H,16,18). The number of nitrogens with zero attached hydrogens (tertiary/aromatic N) is 1. The quantitative estimate of drug-likeness (QED) is 0.679. The summed E-state index contributed by atoms with van der Waals surface area (Å²) in [4.78, 5) is 12.3. The molecule has 2 atom stereocenters. The summed E-state index contributed by atoms with van der Waals surface area (Å²) in [6.45, 7) is 2.87. The largest absolute Gasteiger partial charge is 0.353 e. The lowest BCUT2D eigenvalue weighted by Crippen LogP contribution is -2.49. The van der Waals surface area contributed by atoms with Crippen molar-refractivity contribution in [1.29, 1.82) is 0 Å². The van der Waals surface area contributed by atoms with Gasteiger partial charge in [-0.15, -0.1) is 0 Å². The molecule has 7 heteroatoms. The molecule has 2 fully saturated rings. The van der Waals surface area contributed by atoms with Gasteiger partial charge in [-0.05, 0) is 38.0 Å². The molecule has 1 heterocycles. The third kappa shape index (κ3) is 4.40. The first-order valence-corrected chi connectivity index (χ1v) is 9.59. The topological polar surface area (TPSA) is 92.5 Å². The molecule has 1 amide bonds. The van der Waals surface area contributed by atoms with Crippen molar-refractivity contribution in [1.82, 2.24) is 9.62 Å². The number of hydrogen-bond donors (Lipinski definition) is 2. The summed E-state index contributed by atoms with van der Waals surface area (Å²) >= 11 is 0. The summed E-state index contributed by atoms with van der Waals surface area (Å²) in [5, 5.41) is 2.83. The van der Waals surface area contributed by atoms with Gasteiger partial charge in [0.25, 0.3) is 0 Å². The van der Waals surface area contributed by atoms with E-state index in [-0.39, 0.29) is 17.7 Å². The molecule has 2 unspecified atom stereocenters. The van der Waals surface area contributed by atoms with E-state index in [2.05, 4.69) is 5.32 Å². The summed E-state index contributed by atoms with van der Waals surface area (Å²) in [5.41, 5.74) is 5.97. The van der Waals surface area contributed by atoms with Crippen LogP contribution in [0.15, 0.2) is 0 Å². The van der Waals surface area contributed by atoms with Crippen LogP contribution in [0.5, 0.6) is 0 Å². The zero-order valence-corrected chi connectivity index (χ0v) is 13.6. The number of rotatable bonds is 8. The number of sulfonamides is 1. The van der Waals surface area contributed by atoms with Crippen molar-refractivity contribution in [2.45, 2.75) is 57.5 Å². The van der Waals surface area contributed by atoms with Gasteiger partial charge in [0.2, 0.25) is 15.9 Å². The van der Waals surface area contributed by atoms with Gasteiger partial charge in [-0.2, -0.15) is 4.31 Å². The Morgan fingerprint density at radius 1 is 1.38 bits per heavy atom. The molecule has 0 radical (unpaired) electrons. The molecule has 2 aliphatic rings. The molecule has 0 bridgehead atoms. The van der Waals surface area contributed by atoms with E-state index in [1.807, 2.05) is 6.92 Å². The van der Waals surface area contributed by atoms with Crippen LogP contribution in [-0.4, -0.2) is 49.6 Å². The van der Waals surface area contributed by atoms with Crippen LogP contribution < -0.4 is 11.1 Å². The van der Waals surface area contributed by atoms with Crippen LogP contribution in [0, 0.1) is 5.92 Å². The van der Waals surface area contributed by atoms with E-state index in [0.29, 0.717) is 31.8 Å². The van der Waals surface area contributed by atoms with Crippen LogP contribution in [0.2, 0.25) is 0 Å². The molecule has 3 N–H and O–H groups in total. The zero-order valence-electron chi connectivity index (χ0n) is 12.8. The van der Waals surface area contributed by atoms with Gasteiger partial charge < -0.3 is 11.1 Å². The van der Waals surface area contributed by atoms with Gasteiger partial charge in [0.1, 0.15) is 6.04 Å². The maximum atomic E-state index is 12.3. The Morgan fingerprint density at radius 3 is 2.71 bits per heavy atom. The summed E-state index contributed by atoms with van der Waals surface area (Å²) in [5.74, 6) is 0.469. The number of amides is 1. The lowest BCUT2D eigenvalue weighted by atomic mass is 10.2. The Kier molecular flexibility index (Phi) is 5.62. The molecule has 1 saturated heterocycles. The molecular weight excluding hydrogens is 290 g/mol. The van der Waals surface area contributed by atoms with Crippen molar-refractivity contribution in [3.05, 3.63) is 0 Å². The van der Waals surface area contributed by atoms with Gasteiger partial charge in [0.05, 0.1) is 5.75 Å². The first-order valence-electron chi connectivity index (χ1n) is 7.98. The second-order valence-electron chi connectivity index (χ2n) is 6.18. The average Bonchev–Trinajstić information content (AvgIpc) is 3.18. The van der Waals surface area contributed by atoms with E-state index in [0.717, 1.165) is 25.7 Å². The molecule has 0 aromatic rings. The van der Waals surface area contributed by atoms with Crippen LogP contribution in [0.3, 0.4) is 0 Å². The molecule has 1 aliphatic carbocycles. The SMILES string of the molecule is CCCCS(=O)(=O)N1CCCC1C(=O)NCC(N)C1CC1. The smallest absolute Gasteiger partial charge is 0.238 e. The molecule has 0 spiro atoms. The summed E-state index contributed by atoms with van der Waals surface area (Å²) in [6.07, 6.45) is 5.10. The van der Waals surface area contributed by atoms with Crippen LogP contribution >= 0.6 is 0 Å². The fourth-order valence-electron chi connectivity index (χ4n) is 2.81. The second kappa shape index (κ2) is 7.07. The second-order valence-corrected chi connectivity index (χ2v) is 8.23. The summed E-state index contributed by atoms with van der Waals surface area (Å²) < 4.78 is 26.0. The predicted octanol–water partition coefficient (Wildman–Crippen LogP) is 0.434. The van der Waals surface area contributed by atoms with E-state index in [4.69, 9.17) is 5.73 Å². The maximum absolute atomic E-state index is 12.3. The minimum absolute atomic E-state index is 0.000464. The zero-order chi connectivity index (χ0) is 15.5. The molecule has 122 valence electrons. The highest BCUT2D eigenvalue weighted by Crippen LogP contribution is 2.31. The number of nitrogens with one attached hydrogen (secondary N) is 1. The van der Waals surface area contributed by atoms with Crippen molar-refractivity contribution in [2.24, 2.45) is 11.7 Å². The van der Waals surface area contributed by atoms with Gasteiger partial charge in [0, 0.05) is 19.1 Å². The van der Waals surface area contributed by atoms with E-state index in [1.165, 1.54) is 4.31 Å². The minimum Gasteiger partial charge on any atom is -0.353 e. The molecular formula is C14H27N3O3S. The first kappa shape index (κ1) is 16.7. The third-order valence-electron chi connectivity index (χ3n) is 4.36. The third-order valence-corrected chi connectivity index (χ3v) is 6.32. The molecule has 0 aromatic carbocycles. The van der Waals surface area contributed by atoms with E-state index < -0.39 is 16.1 Å². The van der Waals surface area contributed by atoms with Gasteiger partial charge in [0.15, 0.2) is 0 Å². The summed E-state index contributed by atoms with van der Waals surface area (Å²) in [6, 6.07) is -0.543. The molecule has 21 heavy (non-hydrogen) atoms. The Labute approximate surface area is 127 Å². The number of carbonyl (C=O) groups is 1. The van der Waals surface area contributed by atoms with Crippen molar-refractivity contribution >= 4 is 15.9 Å². The molecule has 6 nitrogen and oxygen atoms in total. The van der Waals surface area contributed by atoms with Crippen molar-refractivity contribution in [3.63, 3.8) is 0 Å². The average molecular weight is 317 g/mol. The normalized spacial score (nSPS) is 25.0. The number of hydrogen-bond acceptors (Lipinski definition) is 4. The Bertz CT molecular complexity index is 462. The molecule has 1 saturated carbocycles. The van der Waals surface area contributed by atoms with Gasteiger partial charge in [-0.3, -0.25) is 4.79 Å². The van der Waals surface area contributed by atoms with Crippen LogP contribution in [0.1, 0.15) is 45.4 Å². The van der Waals surface area contributed by atoms with Crippen molar-refractivity contribution in [2.75, 3.05) is 18.8 Å². The highest BCUT2D eigenvalue weighted by Gasteiger charge is 2.38. The lowest BCUT2D eigenvalue weighted by Gasteiger charge is -2.24. The summed E-state index contributed by atoms with van der Waals surface area (Å²) in [7, 11) is -3.32. The number of nitrogens with two attached hydrogens (primary N) is 1. The van der Waals surface area contributed by atoms with Crippen LogP contribution in [0.25, 0.3) is 0 Å². The van der Waals surface area contributed by atoms with Crippen molar-refractivity contribution in [3.8, 4) is 0 Å². The monoisotopic (exact) mass is 317 g/mol. The number of unbranched alkanes of at least 4 members (excludes halogenated alkanes) is 1. The molecule has 0 aromatic heterocycles. The fraction of sp³-hybridized carbons (Fsp3) is 0.929. The molecule has 1 aliphatic heterocycles. The molecule has 2 rings (SSSR count). The van der Waals surface area contributed by atoms with Gasteiger partial charge in [-0.25, -0.2) is 8.42 Å². The predicted molar refractivity (Wildman–Crippen MR) is 82.1 cm³/mol. The van der Waals surface area contributed by atoms with Crippen LogP contribution in [0.4, 0.5) is 0 Å².